The number of unbranched alkanes of at least 4 members (excludes halogenated alkanes) is 1. The molecule has 18 heavy (non-hydrogen) atoms. The van der Waals surface area contributed by atoms with Gasteiger partial charge in [-0.15, -0.1) is 0 Å². The minimum atomic E-state index is -3.12. The number of nitrogens with one attached hydrogen (secondary N) is 2. The number of hydrogen-bond acceptors (Lipinski definition) is 4. The topological polar surface area (TPSA) is 58.2 Å². The summed E-state index contributed by atoms with van der Waals surface area (Å²) in [4.78, 5) is 0. The van der Waals surface area contributed by atoms with Gasteiger partial charge in [0.2, 0.25) is 10.0 Å². The largest absolute Gasteiger partial charge is 0.320 e. The van der Waals surface area contributed by atoms with Gasteiger partial charge >= 0.3 is 0 Å². The van der Waals surface area contributed by atoms with Gasteiger partial charge in [0.25, 0.3) is 0 Å². The number of sulfonamides is 1. The molecule has 0 bridgehead atoms. The third-order valence-corrected chi connectivity index (χ3v) is 6.42. The average molecular weight is 297 g/mol. The first-order valence-electron chi connectivity index (χ1n) is 6.62. The van der Waals surface area contributed by atoms with Crippen molar-refractivity contribution in [1.29, 1.82) is 0 Å². The van der Waals surface area contributed by atoms with Crippen LogP contribution in [0.5, 0.6) is 0 Å². The van der Waals surface area contributed by atoms with E-state index >= 15 is 0 Å². The maximum Gasteiger partial charge on any atom is 0.211 e. The van der Waals surface area contributed by atoms with Crippen molar-refractivity contribution in [3.63, 3.8) is 0 Å². The summed E-state index contributed by atoms with van der Waals surface area (Å²) in [6.45, 7) is 5.63. The van der Waals surface area contributed by atoms with Crippen molar-refractivity contribution < 1.29 is 8.42 Å². The summed E-state index contributed by atoms with van der Waals surface area (Å²) in [5.74, 6) is 0.229. The minimum absolute atomic E-state index is 0.0397. The molecule has 0 aliphatic rings. The van der Waals surface area contributed by atoms with Gasteiger partial charge < -0.3 is 5.32 Å². The monoisotopic (exact) mass is 296 g/mol. The molecule has 0 fully saturated rings. The molecule has 2 N–H and O–H groups in total. The first-order chi connectivity index (χ1) is 8.45. The highest BCUT2D eigenvalue weighted by molar-refractivity contribution is 8.00. The van der Waals surface area contributed by atoms with Crippen LogP contribution in [-0.4, -0.2) is 45.3 Å². The smallest absolute Gasteiger partial charge is 0.211 e. The van der Waals surface area contributed by atoms with E-state index in [1.165, 1.54) is 0 Å². The Balaban J connectivity index is 4.16. The quantitative estimate of drug-likeness (QED) is 0.571. The normalized spacial score (nSPS) is 12.9. The van der Waals surface area contributed by atoms with Gasteiger partial charge in [0.1, 0.15) is 0 Å². The van der Waals surface area contributed by atoms with Gasteiger partial charge in [-0.3, -0.25) is 0 Å². The predicted octanol–water partition coefficient (Wildman–Crippen LogP) is 1.83. The second-order valence-electron chi connectivity index (χ2n) is 4.54. The van der Waals surface area contributed by atoms with E-state index in [1.807, 2.05) is 13.3 Å². The molecule has 0 saturated carbocycles. The van der Waals surface area contributed by atoms with E-state index in [-0.39, 0.29) is 10.5 Å². The van der Waals surface area contributed by atoms with Crippen LogP contribution in [0.2, 0.25) is 0 Å². The molecule has 0 amide bonds. The van der Waals surface area contributed by atoms with Crippen molar-refractivity contribution in [2.75, 3.05) is 32.1 Å². The van der Waals surface area contributed by atoms with E-state index in [0.29, 0.717) is 13.0 Å². The van der Waals surface area contributed by atoms with Gasteiger partial charge in [-0.1, -0.05) is 13.8 Å². The number of thioether (sulfide) groups is 1. The molecular formula is C12H28N2O2S2. The van der Waals surface area contributed by atoms with E-state index in [1.54, 1.807) is 11.8 Å². The Hall–Kier alpha value is 0.220. The highest BCUT2D eigenvalue weighted by Crippen LogP contribution is 2.29. The standard InChI is InChI=1S/C12H28N2O2S2/c1-5-12(6-2,17-4)11-14-18(15,16)10-8-7-9-13-3/h13-14H,5-11H2,1-4H3. The molecule has 0 spiro atoms. The van der Waals surface area contributed by atoms with Gasteiger partial charge in [-0.2, -0.15) is 11.8 Å². The van der Waals surface area contributed by atoms with Gasteiger partial charge in [0.05, 0.1) is 5.75 Å². The maximum absolute atomic E-state index is 11.8. The SMILES string of the molecule is CCC(CC)(CNS(=O)(=O)CCCCNC)SC. The first-order valence-corrected chi connectivity index (χ1v) is 9.50. The molecule has 0 aliphatic carbocycles. The second kappa shape index (κ2) is 9.18. The van der Waals surface area contributed by atoms with Crippen molar-refractivity contribution >= 4 is 21.8 Å². The third-order valence-electron chi connectivity index (χ3n) is 3.43. The molecule has 0 unspecified atom stereocenters. The summed E-state index contributed by atoms with van der Waals surface area (Å²) < 4.78 is 26.5. The summed E-state index contributed by atoms with van der Waals surface area (Å²) in [5.41, 5.74) is 0. The molecule has 0 aliphatic heterocycles. The molecule has 0 aromatic rings. The number of hydrogen-bond donors (Lipinski definition) is 2. The molecule has 6 heteroatoms. The average Bonchev–Trinajstić information content (AvgIpc) is 2.37. The van der Waals surface area contributed by atoms with Gasteiger partial charge in [-0.25, -0.2) is 13.1 Å². The van der Waals surface area contributed by atoms with Crippen molar-refractivity contribution in [3.8, 4) is 0 Å². The fourth-order valence-electron chi connectivity index (χ4n) is 1.77. The summed E-state index contributed by atoms with van der Waals surface area (Å²) in [5, 5.41) is 3.02. The van der Waals surface area contributed by atoms with E-state index in [2.05, 4.69) is 23.9 Å². The molecule has 0 aromatic heterocycles. The van der Waals surface area contributed by atoms with Crippen molar-refractivity contribution in [2.45, 2.75) is 44.3 Å². The van der Waals surface area contributed by atoms with E-state index in [9.17, 15) is 8.42 Å². The molecule has 0 radical (unpaired) electrons. The van der Waals surface area contributed by atoms with E-state index in [4.69, 9.17) is 0 Å². The van der Waals surface area contributed by atoms with E-state index in [0.717, 1.165) is 25.8 Å². The zero-order valence-electron chi connectivity index (χ0n) is 12.1. The van der Waals surface area contributed by atoms with Crippen LogP contribution in [-0.2, 0) is 10.0 Å². The zero-order chi connectivity index (χ0) is 14.1. The van der Waals surface area contributed by atoms with Crippen LogP contribution >= 0.6 is 11.8 Å². The Morgan fingerprint density at radius 2 is 1.78 bits per heavy atom. The highest BCUT2D eigenvalue weighted by Gasteiger charge is 2.26. The summed E-state index contributed by atoms with van der Waals surface area (Å²) in [6.07, 6.45) is 5.61. The molecule has 110 valence electrons. The Morgan fingerprint density at radius 1 is 1.17 bits per heavy atom. The lowest BCUT2D eigenvalue weighted by Crippen LogP contribution is -2.40. The molecular weight excluding hydrogens is 268 g/mol. The zero-order valence-corrected chi connectivity index (χ0v) is 13.7. The Labute approximate surface area is 117 Å². The summed E-state index contributed by atoms with van der Waals surface area (Å²) in [7, 11) is -1.24. The Kier molecular flexibility index (Phi) is 9.29. The van der Waals surface area contributed by atoms with Crippen LogP contribution in [0.15, 0.2) is 0 Å². The molecule has 0 rings (SSSR count). The van der Waals surface area contributed by atoms with Crippen molar-refractivity contribution in [2.24, 2.45) is 0 Å². The third kappa shape index (κ3) is 6.97. The van der Waals surface area contributed by atoms with Gasteiger partial charge in [0.15, 0.2) is 0 Å². The van der Waals surface area contributed by atoms with Crippen LogP contribution in [0.3, 0.4) is 0 Å². The molecule has 0 saturated heterocycles. The highest BCUT2D eigenvalue weighted by atomic mass is 32.2. The first kappa shape index (κ1) is 18.2. The van der Waals surface area contributed by atoms with Crippen molar-refractivity contribution in [1.82, 2.24) is 10.0 Å². The van der Waals surface area contributed by atoms with Gasteiger partial charge in [0, 0.05) is 11.3 Å². The predicted molar refractivity (Wildman–Crippen MR) is 81.8 cm³/mol. The fourth-order valence-corrected chi connectivity index (χ4v) is 3.88. The summed E-state index contributed by atoms with van der Waals surface area (Å²) >= 11 is 1.75. The van der Waals surface area contributed by atoms with Crippen LogP contribution in [0.1, 0.15) is 39.5 Å². The second-order valence-corrected chi connectivity index (χ2v) is 7.75. The van der Waals surface area contributed by atoms with Crippen LogP contribution in [0.4, 0.5) is 0 Å². The lowest BCUT2D eigenvalue weighted by Gasteiger charge is -2.29. The van der Waals surface area contributed by atoms with Crippen LogP contribution in [0, 0.1) is 0 Å². The molecule has 0 aromatic carbocycles. The molecule has 0 heterocycles. The Morgan fingerprint density at radius 3 is 2.22 bits per heavy atom. The molecule has 0 atom stereocenters. The van der Waals surface area contributed by atoms with Crippen LogP contribution < -0.4 is 10.0 Å². The number of rotatable bonds is 11. The van der Waals surface area contributed by atoms with Crippen molar-refractivity contribution in [3.05, 3.63) is 0 Å². The summed E-state index contributed by atoms with van der Waals surface area (Å²) in [6, 6.07) is 0. The maximum atomic E-state index is 11.8. The fraction of sp³-hybridized carbons (Fsp3) is 1.00. The minimum Gasteiger partial charge on any atom is -0.320 e. The Bertz CT molecular complexity index is 293. The molecule has 4 nitrogen and oxygen atoms in total. The lowest BCUT2D eigenvalue weighted by molar-refractivity contribution is 0.520. The van der Waals surface area contributed by atoms with E-state index < -0.39 is 10.0 Å². The lowest BCUT2D eigenvalue weighted by atomic mass is 10.0. The van der Waals surface area contributed by atoms with Crippen LogP contribution in [0.25, 0.3) is 0 Å². The van der Waals surface area contributed by atoms with Gasteiger partial charge in [-0.05, 0) is 45.5 Å².